The molecule has 144 valence electrons. The number of aryl methyl sites for hydroxylation is 1. The van der Waals surface area contributed by atoms with Gasteiger partial charge in [-0.3, -0.25) is 20.3 Å². The summed E-state index contributed by atoms with van der Waals surface area (Å²) in [5.41, 5.74) is 6.06. The van der Waals surface area contributed by atoms with Gasteiger partial charge in [0.1, 0.15) is 5.69 Å². The molecule has 0 unspecified atom stereocenters. The monoisotopic (exact) mass is 412 g/mol. The minimum Gasteiger partial charge on any atom is -0.381 e. The van der Waals surface area contributed by atoms with E-state index in [0.717, 1.165) is 6.26 Å². The summed E-state index contributed by atoms with van der Waals surface area (Å²) in [6, 6.07) is 2.73. The molecule has 2 heterocycles. The molecule has 3 rings (SSSR count). The first kappa shape index (κ1) is 19.2. The Kier molecular flexibility index (Phi) is 4.87. The number of hydrogen-bond acceptors (Lipinski definition) is 6. The first-order valence-electron chi connectivity index (χ1n) is 8.02. The maximum atomic E-state index is 12.6. The van der Waals surface area contributed by atoms with Crippen LogP contribution in [0.2, 0.25) is 5.02 Å². The Bertz CT molecular complexity index is 1090. The summed E-state index contributed by atoms with van der Waals surface area (Å²) in [5, 5.41) is 9.74. The summed E-state index contributed by atoms with van der Waals surface area (Å²) in [6.07, 6.45) is 2.43. The van der Waals surface area contributed by atoms with Crippen LogP contribution < -0.4 is 15.2 Å². The molecule has 0 atom stereocenters. The molecule has 0 fully saturated rings. The van der Waals surface area contributed by atoms with Gasteiger partial charge in [0.25, 0.3) is 5.91 Å². The van der Waals surface area contributed by atoms with E-state index in [1.807, 2.05) is 0 Å². The van der Waals surface area contributed by atoms with E-state index in [0.29, 0.717) is 30.3 Å². The molecule has 1 aromatic heterocycles. The molecule has 0 saturated heterocycles. The summed E-state index contributed by atoms with van der Waals surface area (Å²) in [4.78, 5) is 25.1. The highest BCUT2D eigenvalue weighted by Crippen LogP contribution is 2.39. The van der Waals surface area contributed by atoms with E-state index in [1.54, 1.807) is 4.57 Å². The fraction of sp³-hybridized carbons (Fsp3) is 0.312. The molecule has 11 heteroatoms. The topological polar surface area (TPSA) is 144 Å². The lowest BCUT2D eigenvalue weighted by molar-refractivity contribution is 0.0957. The van der Waals surface area contributed by atoms with Gasteiger partial charge < -0.3 is 14.5 Å². The maximum absolute atomic E-state index is 12.6. The number of nitrogens with one attached hydrogen (secondary N) is 2. The number of carbonyl (C=O) groups excluding carboxylic acids is 2. The van der Waals surface area contributed by atoms with Crippen LogP contribution in [-0.4, -0.2) is 36.9 Å². The number of aromatic nitrogens is 1. The van der Waals surface area contributed by atoms with Gasteiger partial charge in [-0.2, -0.15) is 8.42 Å². The van der Waals surface area contributed by atoms with Crippen LogP contribution in [0, 0.1) is 5.41 Å². The number of amides is 1. The largest absolute Gasteiger partial charge is 0.381 e. The summed E-state index contributed by atoms with van der Waals surface area (Å²) >= 11 is 6.33. The van der Waals surface area contributed by atoms with Crippen molar-refractivity contribution in [2.45, 2.75) is 25.8 Å². The van der Waals surface area contributed by atoms with Crippen LogP contribution >= 0.6 is 11.6 Å². The van der Waals surface area contributed by atoms with Crippen LogP contribution in [0.15, 0.2) is 12.1 Å². The zero-order valence-corrected chi connectivity index (χ0v) is 15.9. The third-order valence-corrected chi connectivity index (χ3v) is 5.01. The fourth-order valence-electron chi connectivity index (χ4n) is 3.14. The van der Waals surface area contributed by atoms with E-state index in [4.69, 9.17) is 26.9 Å². The second-order valence-corrected chi connectivity index (χ2v) is 8.17. The lowest BCUT2D eigenvalue weighted by atomic mass is 10.0. The van der Waals surface area contributed by atoms with Gasteiger partial charge >= 0.3 is 10.1 Å². The summed E-state index contributed by atoms with van der Waals surface area (Å²) in [5.74, 6) is -1.52. The van der Waals surface area contributed by atoms with Crippen LogP contribution in [0.25, 0.3) is 10.9 Å². The van der Waals surface area contributed by atoms with E-state index < -0.39 is 22.0 Å². The number of ketones is 1. The van der Waals surface area contributed by atoms with Gasteiger partial charge in [0.05, 0.1) is 16.8 Å². The number of Topliss-reactive ketones (excluding diaryl/α,β-unsaturated/α-hetero) is 1. The van der Waals surface area contributed by atoms with Gasteiger partial charge in [-0.1, -0.05) is 11.6 Å². The number of guanidine groups is 1. The van der Waals surface area contributed by atoms with Gasteiger partial charge in [0.2, 0.25) is 0 Å². The Hall–Kier alpha value is -2.59. The molecule has 2 aromatic rings. The third-order valence-electron chi connectivity index (χ3n) is 4.14. The van der Waals surface area contributed by atoms with Crippen molar-refractivity contribution in [2.75, 3.05) is 6.26 Å². The molecule has 0 aliphatic carbocycles. The van der Waals surface area contributed by atoms with Crippen LogP contribution in [0.3, 0.4) is 0 Å². The van der Waals surface area contributed by atoms with E-state index >= 15 is 0 Å². The Morgan fingerprint density at radius 2 is 2.07 bits per heavy atom. The smallest absolute Gasteiger partial charge is 0.306 e. The average Bonchev–Trinajstić information content (AvgIpc) is 2.90. The summed E-state index contributed by atoms with van der Waals surface area (Å²) < 4.78 is 29.6. The lowest BCUT2D eigenvalue weighted by Crippen LogP contribution is -2.36. The van der Waals surface area contributed by atoms with Crippen molar-refractivity contribution in [3.05, 3.63) is 28.4 Å². The predicted octanol–water partition coefficient (Wildman–Crippen LogP) is 1.62. The van der Waals surface area contributed by atoms with Crippen molar-refractivity contribution >= 4 is 50.3 Å². The zero-order chi connectivity index (χ0) is 19.9. The Labute approximate surface area is 160 Å². The molecule has 1 aliphatic rings. The highest BCUT2D eigenvalue weighted by Gasteiger charge is 2.27. The molecule has 4 N–H and O–H groups in total. The minimum absolute atomic E-state index is 0.0248. The lowest BCUT2D eigenvalue weighted by Gasteiger charge is -2.17. The van der Waals surface area contributed by atoms with Crippen molar-refractivity contribution in [2.24, 2.45) is 5.73 Å². The number of hydrogen-bond donors (Lipinski definition) is 3. The first-order valence-corrected chi connectivity index (χ1v) is 10.2. The Balaban J connectivity index is 2.33. The van der Waals surface area contributed by atoms with E-state index in [-0.39, 0.29) is 34.2 Å². The van der Waals surface area contributed by atoms with E-state index in [2.05, 4.69) is 5.32 Å². The summed E-state index contributed by atoms with van der Waals surface area (Å²) in [6.45, 7) is 0.451. The van der Waals surface area contributed by atoms with Crippen molar-refractivity contribution in [1.82, 2.24) is 9.88 Å². The molecule has 1 aromatic carbocycles. The number of nitrogens with zero attached hydrogens (tertiary/aromatic N) is 1. The molecular weight excluding hydrogens is 396 g/mol. The number of halogens is 1. The Morgan fingerprint density at radius 3 is 2.70 bits per heavy atom. The molecule has 0 spiro atoms. The van der Waals surface area contributed by atoms with Gasteiger partial charge in [0, 0.05) is 23.9 Å². The molecule has 1 amide bonds. The molecule has 0 saturated carbocycles. The number of benzene rings is 1. The average molecular weight is 413 g/mol. The number of rotatable bonds is 3. The van der Waals surface area contributed by atoms with E-state index in [9.17, 15) is 18.0 Å². The van der Waals surface area contributed by atoms with Crippen LogP contribution in [0.5, 0.6) is 5.75 Å². The summed E-state index contributed by atoms with van der Waals surface area (Å²) in [7, 11) is -3.87. The molecule has 27 heavy (non-hydrogen) atoms. The molecular formula is C16H17ClN4O5S. The van der Waals surface area contributed by atoms with Gasteiger partial charge in [0.15, 0.2) is 17.5 Å². The number of carbonyl (C=O) groups is 2. The van der Waals surface area contributed by atoms with Crippen molar-refractivity contribution in [3.8, 4) is 5.75 Å². The van der Waals surface area contributed by atoms with Crippen molar-refractivity contribution < 1.29 is 22.2 Å². The third kappa shape index (κ3) is 3.76. The molecule has 0 bridgehead atoms. The second kappa shape index (κ2) is 6.86. The predicted molar refractivity (Wildman–Crippen MR) is 100.0 cm³/mol. The standard InChI is InChI=1S/C16H17ClN4O5S/c1-27(24,25)26-12-7-8-11(22)4-2-3-5-21-10(15(23)20-16(18)19)6-9(13(12)17)14(8)21/h6-7H,2-5H2,1H3,(H4,18,19,20,23). The maximum Gasteiger partial charge on any atom is 0.306 e. The van der Waals surface area contributed by atoms with Crippen LogP contribution in [0.1, 0.15) is 40.1 Å². The SMILES string of the molecule is CS(=O)(=O)Oc1cc2c3c(cc(C(=O)NC(=N)N)n3CCCCC2=O)c1Cl. The Morgan fingerprint density at radius 1 is 1.37 bits per heavy atom. The highest BCUT2D eigenvalue weighted by molar-refractivity contribution is 7.86. The van der Waals surface area contributed by atoms with Gasteiger partial charge in [-0.15, -0.1) is 0 Å². The first-order chi connectivity index (χ1) is 12.6. The minimum atomic E-state index is -3.87. The van der Waals surface area contributed by atoms with E-state index in [1.165, 1.54) is 12.1 Å². The normalized spacial score (nSPS) is 14.5. The van der Waals surface area contributed by atoms with Crippen molar-refractivity contribution in [1.29, 1.82) is 5.41 Å². The molecule has 9 nitrogen and oxygen atoms in total. The quantitative estimate of drug-likeness (QED) is 0.397. The van der Waals surface area contributed by atoms with Gasteiger partial charge in [-0.05, 0) is 25.0 Å². The van der Waals surface area contributed by atoms with Crippen LogP contribution in [0.4, 0.5) is 0 Å². The van der Waals surface area contributed by atoms with Crippen LogP contribution in [-0.2, 0) is 16.7 Å². The van der Waals surface area contributed by atoms with Crippen molar-refractivity contribution in [3.63, 3.8) is 0 Å². The molecule has 1 aliphatic heterocycles. The highest BCUT2D eigenvalue weighted by atomic mass is 35.5. The number of nitrogens with two attached hydrogens (primary N) is 1. The zero-order valence-electron chi connectivity index (χ0n) is 14.3. The molecule has 0 radical (unpaired) electrons. The second-order valence-electron chi connectivity index (χ2n) is 6.22. The fourth-order valence-corrected chi connectivity index (χ4v) is 3.88. The van der Waals surface area contributed by atoms with Gasteiger partial charge in [-0.25, -0.2) is 0 Å².